The van der Waals surface area contributed by atoms with Crippen LogP contribution < -0.4 is 10.6 Å². The molecule has 0 radical (unpaired) electrons. The van der Waals surface area contributed by atoms with E-state index >= 15 is 0 Å². The molecule has 2 atom stereocenters. The first-order valence-electron chi connectivity index (χ1n) is 14.3. The van der Waals surface area contributed by atoms with Crippen LogP contribution in [-0.2, 0) is 6.42 Å². The second kappa shape index (κ2) is 12.8. The van der Waals surface area contributed by atoms with Crippen LogP contribution in [0.3, 0.4) is 0 Å². The summed E-state index contributed by atoms with van der Waals surface area (Å²) in [6, 6.07) is 10.8. The van der Waals surface area contributed by atoms with Gasteiger partial charge >= 0.3 is 0 Å². The Morgan fingerprint density at radius 3 is 1.11 bits per heavy atom. The van der Waals surface area contributed by atoms with Gasteiger partial charge in [-0.15, -0.1) is 0 Å². The summed E-state index contributed by atoms with van der Waals surface area (Å²) < 4.78 is 0. The maximum atomic E-state index is 3.85. The molecule has 2 rings (SSSR count). The van der Waals surface area contributed by atoms with Gasteiger partial charge in [-0.2, -0.15) is 0 Å². The Labute approximate surface area is 217 Å². The van der Waals surface area contributed by atoms with E-state index < -0.39 is 0 Å². The minimum atomic E-state index is 0.465. The Kier molecular flexibility index (Phi) is 10.7. The van der Waals surface area contributed by atoms with Crippen LogP contribution in [0.4, 0.5) is 11.4 Å². The highest BCUT2D eigenvalue weighted by Crippen LogP contribution is 2.38. The topological polar surface area (TPSA) is 24.1 Å². The van der Waals surface area contributed by atoms with E-state index in [9.17, 15) is 0 Å². The van der Waals surface area contributed by atoms with Crippen LogP contribution in [0, 0.1) is 0 Å². The van der Waals surface area contributed by atoms with E-state index in [0.29, 0.717) is 35.8 Å². The predicted molar refractivity (Wildman–Crippen MR) is 159 cm³/mol. The highest BCUT2D eigenvalue weighted by molar-refractivity contribution is 5.62. The second-order valence-electron chi connectivity index (χ2n) is 12.0. The molecular weight excluding hydrogens is 424 g/mol. The van der Waals surface area contributed by atoms with Crippen molar-refractivity contribution in [3.05, 3.63) is 57.6 Å². The molecule has 0 aliphatic carbocycles. The SMILES string of the molecule is CCC(C)Nc1cc(Cc2cc(NC(C)CC)c(C(C)C)c(C(C)C)c2)cc(C(C)C)c1C(C)C. The van der Waals surface area contributed by atoms with Crippen LogP contribution in [0.1, 0.15) is 153 Å². The summed E-state index contributed by atoms with van der Waals surface area (Å²) in [5, 5.41) is 7.70. The van der Waals surface area contributed by atoms with Gasteiger partial charge in [-0.25, -0.2) is 0 Å². The third-order valence-electron chi connectivity index (χ3n) is 7.38. The summed E-state index contributed by atoms with van der Waals surface area (Å²) >= 11 is 0. The molecule has 2 unspecified atom stereocenters. The third kappa shape index (κ3) is 7.51. The number of hydrogen-bond donors (Lipinski definition) is 2. The molecule has 2 N–H and O–H groups in total. The van der Waals surface area contributed by atoms with Crippen LogP contribution >= 0.6 is 0 Å². The van der Waals surface area contributed by atoms with Crippen molar-refractivity contribution in [3.8, 4) is 0 Å². The fourth-order valence-corrected chi connectivity index (χ4v) is 5.13. The van der Waals surface area contributed by atoms with Gasteiger partial charge in [0.2, 0.25) is 0 Å². The highest BCUT2D eigenvalue weighted by atomic mass is 14.9. The smallest absolute Gasteiger partial charge is 0.0383 e. The van der Waals surface area contributed by atoms with Crippen molar-refractivity contribution < 1.29 is 0 Å². The Bertz CT molecular complexity index is 875. The first-order chi connectivity index (χ1) is 16.4. The lowest BCUT2D eigenvalue weighted by Gasteiger charge is -2.26. The molecule has 35 heavy (non-hydrogen) atoms. The fraction of sp³-hybridized carbons (Fsp3) is 0.636. The lowest BCUT2D eigenvalue weighted by Crippen LogP contribution is -2.17. The molecule has 196 valence electrons. The summed E-state index contributed by atoms with van der Waals surface area (Å²) in [5.74, 6) is 2.00. The lowest BCUT2D eigenvalue weighted by atomic mass is 9.84. The number of benzene rings is 2. The van der Waals surface area contributed by atoms with Gasteiger partial charge in [0, 0.05) is 23.5 Å². The monoisotopic (exact) mass is 478 g/mol. The van der Waals surface area contributed by atoms with Crippen molar-refractivity contribution in [1.29, 1.82) is 0 Å². The van der Waals surface area contributed by atoms with Crippen molar-refractivity contribution in [2.75, 3.05) is 10.6 Å². The second-order valence-corrected chi connectivity index (χ2v) is 12.0. The van der Waals surface area contributed by atoms with E-state index in [1.807, 2.05) is 0 Å². The molecule has 2 nitrogen and oxygen atoms in total. The van der Waals surface area contributed by atoms with Gasteiger partial charge in [0.05, 0.1) is 0 Å². The van der Waals surface area contributed by atoms with Crippen molar-refractivity contribution in [1.82, 2.24) is 0 Å². The third-order valence-corrected chi connectivity index (χ3v) is 7.38. The number of anilines is 2. The van der Waals surface area contributed by atoms with Gasteiger partial charge < -0.3 is 10.6 Å². The van der Waals surface area contributed by atoms with Gasteiger partial charge in [-0.1, -0.05) is 81.4 Å². The predicted octanol–water partition coefficient (Wildman–Crippen LogP) is 10.2. The normalized spacial score (nSPS) is 13.7. The zero-order chi connectivity index (χ0) is 26.4. The van der Waals surface area contributed by atoms with Gasteiger partial charge in [0.1, 0.15) is 0 Å². The van der Waals surface area contributed by atoms with Crippen LogP contribution in [0.25, 0.3) is 0 Å². The van der Waals surface area contributed by atoms with Gasteiger partial charge in [-0.3, -0.25) is 0 Å². The number of hydrogen-bond acceptors (Lipinski definition) is 2. The van der Waals surface area contributed by atoms with Crippen LogP contribution in [0.5, 0.6) is 0 Å². The van der Waals surface area contributed by atoms with Gasteiger partial charge in [-0.05, 0) is 102 Å². The maximum Gasteiger partial charge on any atom is 0.0383 e. The Morgan fingerprint density at radius 1 is 0.514 bits per heavy atom. The summed E-state index contributed by atoms with van der Waals surface area (Å²) in [6.45, 7) is 27.7. The molecule has 0 amide bonds. The first-order valence-corrected chi connectivity index (χ1v) is 14.3. The van der Waals surface area contributed by atoms with Crippen LogP contribution in [-0.4, -0.2) is 12.1 Å². The molecule has 2 aromatic carbocycles. The molecule has 0 saturated carbocycles. The largest absolute Gasteiger partial charge is 0.382 e. The van der Waals surface area contributed by atoms with E-state index in [4.69, 9.17) is 0 Å². The first kappa shape index (κ1) is 29.3. The Morgan fingerprint density at radius 2 is 0.857 bits per heavy atom. The van der Waals surface area contributed by atoms with Crippen molar-refractivity contribution in [3.63, 3.8) is 0 Å². The summed E-state index contributed by atoms with van der Waals surface area (Å²) in [7, 11) is 0. The quantitative estimate of drug-likeness (QED) is 0.317. The summed E-state index contributed by atoms with van der Waals surface area (Å²) in [6.07, 6.45) is 3.20. The molecule has 2 heteroatoms. The standard InChI is InChI=1S/C33H54N2/c1-13-24(11)34-30-18-26(16-28(20(3)4)32(30)22(7)8)15-27-17-29(21(5)6)33(23(9)10)31(19-27)35-25(12)14-2/h16-25,34-35H,13-15H2,1-12H3. The number of rotatable bonds is 12. The minimum Gasteiger partial charge on any atom is -0.382 e. The van der Waals surface area contributed by atoms with Gasteiger partial charge in [0.15, 0.2) is 0 Å². The molecule has 2 aromatic rings. The molecule has 0 spiro atoms. The molecule has 0 aliphatic heterocycles. The van der Waals surface area contributed by atoms with Crippen LogP contribution in [0.2, 0.25) is 0 Å². The van der Waals surface area contributed by atoms with E-state index in [2.05, 4.69) is 118 Å². The molecule has 0 aromatic heterocycles. The minimum absolute atomic E-state index is 0.465. The molecule has 0 saturated heterocycles. The zero-order valence-corrected chi connectivity index (χ0v) is 24.9. The van der Waals surface area contributed by atoms with E-state index in [-0.39, 0.29) is 0 Å². The molecule has 0 heterocycles. The zero-order valence-electron chi connectivity index (χ0n) is 24.9. The average molecular weight is 479 g/mol. The summed E-state index contributed by atoms with van der Waals surface area (Å²) in [4.78, 5) is 0. The van der Waals surface area contributed by atoms with Crippen molar-refractivity contribution >= 4 is 11.4 Å². The maximum absolute atomic E-state index is 3.85. The van der Waals surface area contributed by atoms with Crippen molar-refractivity contribution in [2.45, 2.75) is 138 Å². The highest BCUT2D eigenvalue weighted by Gasteiger charge is 2.20. The Hall–Kier alpha value is -1.96. The molecular formula is C33H54N2. The van der Waals surface area contributed by atoms with Crippen LogP contribution in [0.15, 0.2) is 24.3 Å². The van der Waals surface area contributed by atoms with E-state index in [1.165, 1.54) is 44.8 Å². The molecule has 0 bridgehead atoms. The average Bonchev–Trinajstić information content (AvgIpc) is 2.77. The van der Waals surface area contributed by atoms with E-state index in [1.54, 1.807) is 0 Å². The van der Waals surface area contributed by atoms with E-state index in [0.717, 1.165) is 19.3 Å². The fourth-order valence-electron chi connectivity index (χ4n) is 5.13. The lowest BCUT2D eigenvalue weighted by molar-refractivity contribution is 0.746. The summed E-state index contributed by atoms with van der Waals surface area (Å²) in [5.41, 5.74) is 11.4. The Balaban J connectivity index is 2.66. The molecule has 0 fully saturated rings. The number of nitrogens with one attached hydrogen (secondary N) is 2. The van der Waals surface area contributed by atoms with Gasteiger partial charge in [0.25, 0.3) is 0 Å². The van der Waals surface area contributed by atoms with Crippen molar-refractivity contribution in [2.24, 2.45) is 0 Å². The molecule has 0 aliphatic rings.